The lowest BCUT2D eigenvalue weighted by atomic mass is 10.1. The third kappa shape index (κ3) is 3.24. The van der Waals surface area contributed by atoms with Crippen molar-refractivity contribution in [2.24, 2.45) is 5.84 Å². The molecule has 0 radical (unpaired) electrons. The number of piperidine rings is 1. The van der Waals surface area contributed by atoms with E-state index in [0.29, 0.717) is 25.2 Å². The first-order valence-corrected chi connectivity index (χ1v) is 7.59. The summed E-state index contributed by atoms with van der Waals surface area (Å²) in [5.74, 6) is 5.58. The summed E-state index contributed by atoms with van der Waals surface area (Å²) in [6.45, 7) is 0.369. The molecule has 1 amide bonds. The number of carbonyl (C=O) groups is 1. The molecule has 1 atom stereocenters. The summed E-state index contributed by atoms with van der Waals surface area (Å²) < 4.78 is 27.0. The van der Waals surface area contributed by atoms with Gasteiger partial charge < -0.3 is 10.3 Å². The van der Waals surface area contributed by atoms with Gasteiger partial charge in [0.25, 0.3) is 0 Å². The number of hydrogen-bond acceptors (Lipinski definition) is 6. The van der Waals surface area contributed by atoms with Gasteiger partial charge in [0.2, 0.25) is 15.9 Å². The van der Waals surface area contributed by atoms with E-state index in [-0.39, 0.29) is 16.8 Å². The molecule has 0 aliphatic carbocycles. The fourth-order valence-electron chi connectivity index (χ4n) is 2.02. The summed E-state index contributed by atoms with van der Waals surface area (Å²) in [6.07, 6.45) is 2.07. The topological polar surface area (TPSA) is 117 Å². The number of amides is 1. The predicted octanol–water partition coefficient (Wildman–Crippen LogP) is -0.734. The Kier molecular flexibility index (Phi) is 4.21. The molecule has 9 heteroatoms. The van der Waals surface area contributed by atoms with Crippen LogP contribution < -0.4 is 16.0 Å². The molecule has 1 aromatic rings. The van der Waals surface area contributed by atoms with Gasteiger partial charge in [-0.25, -0.2) is 24.0 Å². The van der Waals surface area contributed by atoms with Crippen LogP contribution in [0.1, 0.15) is 12.8 Å². The summed E-state index contributed by atoms with van der Waals surface area (Å²) in [5.41, 5.74) is 2.33. The Hall–Kier alpha value is -1.71. The van der Waals surface area contributed by atoms with Crippen LogP contribution in [0.15, 0.2) is 23.2 Å². The number of pyridine rings is 1. The van der Waals surface area contributed by atoms with Gasteiger partial charge in [-0.15, -0.1) is 0 Å². The molecule has 8 nitrogen and oxygen atoms in total. The molecule has 0 saturated carbocycles. The van der Waals surface area contributed by atoms with Crippen molar-refractivity contribution >= 4 is 21.7 Å². The molecular formula is C11H17N5O3S. The van der Waals surface area contributed by atoms with Crippen LogP contribution in [0.3, 0.4) is 0 Å². The van der Waals surface area contributed by atoms with Crippen LogP contribution in [0.4, 0.5) is 5.82 Å². The molecular weight excluding hydrogens is 282 g/mol. The molecule has 110 valence electrons. The molecule has 20 heavy (non-hydrogen) atoms. The fourth-order valence-corrected chi connectivity index (χ4v) is 3.23. The zero-order valence-corrected chi connectivity index (χ0v) is 11.9. The van der Waals surface area contributed by atoms with Crippen molar-refractivity contribution in [2.45, 2.75) is 23.8 Å². The first-order valence-electron chi connectivity index (χ1n) is 6.11. The predicted molar refractivity (Wildman–Crippen MR) is 73.0 cm³/mol. The molecule has 1 aromatic heterocycles. The molecule has 1 fully saturated rings. The van der Waals surface area contributed by atoms with Crippen molar-refractivity contribution in [3.8, 4) is 0 Å². The van der Waals surface area contributed by atoms with Crippen molar-refractivity contribution in [3.05, 3.63) is 18.3 Å². The number of hydrogen-bond donors (Lipinski definition) is 3. The minimum Gasteiger partial charge on any atom is -0.344 e. The van der Waals surface area contributed by atoms with Gasteiger partial charge in [-0.1, -0.05) is 0 Å². The average molecular weight is 299 g/mol. The quantitative estimate of drug-likeness (QED) is 0.498. The van der Waals surface area contributed by atoms with Crippen LogP contribution >= 0.6 is 0 Å². The lowest BCUT2D eigenvalue weighted by molar-refractivity contribution is -0.132. The minimum absolute atomic E-state index is 0.0282. The summed E-state index contributed by atoms with van der Waals surface area (Å²) in [4.78, 5) is 16.8. The van der Waals surface area contributed by atoms with Crippen LogP contribution in [-0.2, 0) is 14.8 Å². The van der Waals surface area contributed by atoms with Gasteiger partial charge in [0.05, 0.1) is 0 Å². The molecule has 0 bridgehead atoms. The third-order valence-electron chi connectivity index (χ3n) is 3.14. The Morgan fingerprint density at radius 3 is 2.75 bits per heavy atom. The van der Waals surface area contributed by atoms with E-state index in [2.05, 4.69) is 15.1 Å². The molecule has 4 N–H and O–H groups in total. The first-order chi connectivity index (χ1) is 9.42. The van der Waals surface area contributed by atoms with Crippen LogP contribution in [0.25, 0.3) is 0 Å². The van der Waals surface area contributed by atoms with E-state index in [1.54, 1.807) is 7.05 Å². The van der Waals surface area contributed by atoms with E-state index >= 15 is 0 Å². The molecule has 1 aliphatic rings. The van der Waals surface area contributed by atoms with Crippen molar-refractivity contribution in [3.63, 3.8) is 0 Å². The van der Waals surface area contributed by atoms with Crippen molar-refractivity contribution < 1.29 is 13.2 Å². The molecule has 1 aliphatic heterocycles. The van der Waals surface area contributed by atoms with Gasteiger partial charge in [0.15, 0.2) is 0 Å². The highest BCUT2D eigenvalue weighted by Crippen LogP contribution is 2.15. The Morgan fingerprint density at radius 1 is 1.45 bits per heavy atom. The second-order valence-corrected chi connectivity index (χ2v) is 6.37. The zero-order chi connectivity index (χ0) is 14.8. The van der Waals surface area contributed by atoms with Crippen LogP contribution in [0.2, 0.25) is 0 Å². The monoisotopic (exact) mass is 299 g/mol. The number of aromatic nitrogens is 1. The number of carbonyl (C=O) groups excluding carboxylic acids is 1. The number of sulfonamides is 1. The van der Waals surface area contributed by atoms with Crippen molar-refractivity contribution in [2.75, 3.05) is 19.0 Å². The second kappa shape index (κ2) is 5.73. The first kappa shape index (κ1) is 14.7. The Balaban J connectivity index is 2.08. The molecule has 2 heterocycles. The Morgan fingerprint density at radius 2 is 2.20 bits per heavy atom. The maximum atomic E-state index is 12.2. The Bertz CT molecular complexity index is 587. The van der Waals surface area contributed by atoms with Crippen molar-refractivity contribution in [1.29, 1.82) is 0 Å². The van der Waals surface area contributed by atoms with Gasteiger partial charge in [0, 0.05) is 32.3 Å². The highest BCUT2D eigenvalue weighted by molar-refractivity contribution is 7.89. The number of nitrogens with two attached hydrogens (primary N) is 1. The summed E-state index contributed by atoms with van der Waals surface area (Å²) in [6, 6.07) is 2.61. The minimum atomic E-state index is -3.64. The number of hydrazine groups is 1. The van der Waals surface area contributed by atoms with E-state index in [9.17, 15) is 13.2 Å². The summed E-state index contributed by atoms with van der Waals surface area (Å²) >= 11 is 0. The van der Waals surface area contributed by atoms with Crippen molar-refractivity contribution in [1.82, 2.24) is 14.6 Å². The molecule has 1 unspecified atom stereocenters. The third-order valence-corrected chi connectivity index (χ3v) is 4.65. The SMILES string of the molecule is CN1CC(NS(=O)(=O)c2ccc(NN)nc2)CCC1=O. The average Bonchev–Trinajstić information content (AvgIpc) is 2.43. The van der Waals surface area contributed by atoms with Gasteiger partial charge in [-0.05, 0) is 18.6 Å². The highest BCUT2D eigenvalue weighted by Gasteiger charge is 2.27. The van der Waals surface area contributed by atoms with Gasteiger partial charge >= 0.3 is 0 Å². The standard InChI is InChI=1S/C11H17N5O3S/c1-16-7-8(2-5-11(16)17)15-20(18,19)9-3-4-10(14-12)13-6-9/h3-4,6,8,15H,2,5,7,12H2,1H3,(H,13,14). The van der Waals surface area contributed by atoms with E-state index < -0.39 is 10.0 Å². The number of nitrogen functional groups attached to an aromatic ring is 1. The normalized spacial score (nSPS) is 20.0. The lowest BCUT2D eigenvalue weighted by Crippen LogP contribution is -2.48. The number of nitrogens with one attached hydrogen (secondary N) is 2. The molecule has 2 rings (SSSR count). The lowest BCUT2D eigenvalue weighted by Gasteiger charge is -2.29. The number of likely N-dealkylation sites (N-methyl/N-ethyl adjacent to an activating group) is 1. The van der Waals surface area contributed by atoms with Gasteiger partial charge in [-0.2, -0.15) is 0 Å². The van der Waals surface area contributed by atoms with E-state index in [1.165, 1.54) is 23.2 Å². The van der Waals surface area contributed by atoms with Crippen LogP contribution in [-0.4, -0.2) is 43.8 Å². The largest absolute Gasteiger partial charge is 0.344 e. The van der Waals surface area contributed by atoms with Crippen LogP contribution in [0.5, 0.6) is 0 Å². The molecule has 1 saturated heterocycles. The Labute approximate surface area is 117 Å². The fraction of sp³-hybridized carbons (Fsp3) is 0.455. The van der Waals surface area contributed by atoms with E-state index in [0.717, 1.165) is 0 Å². The number of rotatable bonds is 4. The van der Waals surface area contributed by atoms with E-state index in [1.807, 2.05) is 0 Å². The summed E-state index contributed by atoms with van der Waals surface area (Å²) in [5, 5.41) is 0. The molecule has 0 aromatic carbocycles. The second-order valence-electron chi connectivity index (χ2n) is 4.65. The van der Waals surface area contributed by atoms with Gasteiger partial charge in [0.1, 0.15) is 10.7 Å². The van der Waals surface area contributed by atoms with Crippen LogP contribution in [0, 0.1) is 0 Å². The number of likely N-dealkylation sites (tertiary alicyclic amines) is 1. The maximum Gasteiger partial charge on any atom is 0.242 e. The summed E-state index contributed by atoms with van der Waals surface area (Å²) in [7, 11) is -1.99. The number of anilines is 1. The number of nitrogens with zero attached hydrogens (tertiary/aromatic N) is 2. The van der Waals surface area contributed by atoms with E-state index in [4.69, 9.17) is 5.84 Å². The maximum absolute atomic E-state index is 12.2. The smallest absolute Gasteiger partial charge is 0.242 e. The highest BCUT2D eigenvalue weighted by atomic mass is 32.2. The zero-order valence-electron chi connectivity index (χ0n) is 11.0. The van der Waals surface area contributed by atoms with Gasteiger partial charge in [-0.3, -0.25) is 4.79 Å². The molecule has 0 spiro atoms.